The summed E-state index contributed by atoms with van der Waals surface area (Å²) < 4.78 is 54.1. The van der Waals surface area contributed by atoms with Crippen molar-refractivity contribution in [3.8, 4) is 0 Å². The van der Waals surface area contributed by atoms with Crippen LogP contribution in [0.5, 0.6) is 0 Å². The minimum absolute atomic E-state index is 0.0452. The SMILES string of the molecule is CC(=O)Nc1ccc(S(=O)(=O)NC2CCCCC2)cc1.Nc1ccc(S(=O)(=O)NC2CCCCC2)cc1. The van der Waals surface area contributed by atoms with Gasteiger partial charge in [-0.2, -0.15) is 0 Å². The third-order valence-electron chi connectivity index (χ3n) is 6.53. The molecule has 1 amide bonds. The van der Waals surface area contributed by atoms with E-state index < -0.39 is 20.0 Å². The second kappa shape index (κ2) is 13.4. The molecular weight excluding hydrogens is 512 g/mol. The van der Waals surface area contributed by atoms with Crippen LogP contribution >= 0.6 is 0 Å². The molecule has 0 aliphatic heterocycles. The van der Waals surface area contributed by atoms with E-state index in [-0.39, 0.29) is 27.8 Å². The molecule has 37 heavy (non-hydrogen) atoms. The van der Waals surface area contributed by atoms with Crippen molar-refractivity contribution in [1.82, 2.24) is 9.44 Å². The first kappa shape index (κ1) is 29.1. The van der Waals surface area contributed by atoms with Gasteiger partial charge in [0.25, 0.3) is 0 Å². The number of nitrogens with one attached hydrogen (secondary N) is 3. The van der Waals surface area contributed by atoms with E-state index in [1.165, 1.54) is 31.9 Å². The molecule has 9 nitrogen and oxygen atoms in total. The molecular formula is C26H38N4O5S2. The Morgan fingerprint density at radius 3 is 1.43 bits per heavy atom. The highest BCUT2D eigenvalue weighted by molar-refractivity contribution is 7.89. The first-order chi connectivity index (χ1) is 17.5. The molecule has 0 radical (unpaired) electrons. The molecule has 2 aromatic rings. The van der Waals surface area contributed by atoms with Crippen molar-refractivity contribution in [3.63, 3.8) is 0 Å². The summed E-state index contributed by atoms with van der Waals surface area (Å²) in [5.74, 6) is -0.180. The molecule has 204 valence electrons. The van der Waals surface area contributed by atoms with E-state index in [2.05, 4.69) is 14.8 Å². The van der Waals surface area contributed by atoms with Crippen LogP contribution in [0.4, 0.5) is 11.4 Å². The third-order valence-corrected chi connectivity index (χ3v) is 9.60. The van der Waals surface area contributed by atoms with Crippen LogP contribution in [0.25, 0.3) is 0 Å². The molecule has 0 bridgehead atoms. The Labute approximate surface area is 220 Å². The number of hydrogen-bond acceptors (Lipinski definition) is 6. The van der Waals surface area contributed by atoms with Crippen molar-refractivity contribution in [3.05, 3.63) is 48.5 Å². The molecule has 0 unspecified atom stereocenters. The van der Waals surface area contributed by atoms with Gasteiger partial charge < -0.3 is 11.1 Å². The summed E-state index contributed by atoms with van der Waals surface area (Å²) in [5, 5.41) is 2.61. The van der Waals surface area contributed by atoms with Crippen molar-refractivity contribution in [2.45, 2.75) is 93.0 Å². The van der Waals surface area contributed by atoms with Gasteiger partial charge in [0.2, 0.25) is 26.0 Å². The molecule has 0 atom stereocenters. The number of hydrogen-bond donors (Lipinski definition) is 4. The first-order valence-corrected chi connectivity index (χ1v) is 15.8. The van der Waals surface area contributed by atoms with Crippen LogP contribution in [0.1, 0.15) is 71.1 Å². The van der Waals surface area contributed by atoms with Crippen molar-refractivity contribution < 1.29 is 21.6 Å². The molecule has 2 aromatic carbocycles. The van der Waals surface area contributed by atoms with Gasteiger partial charge in [0.1, 0.15) is 0 Å². The second-order valence-electron chi connectivity index (χ2n) is 9.69. The number of sulfonamides is 2. The van der Waals surface area contributed by atoms with Crippen LogP contribution in [0, 0.1) is 0 Å². The highest BCUT2D eigenvalue weighted by atomic mass is 32.2. The fourth-order valence-electron chi connectivity index (χ4n) is 4.58. The zero-order valence-electron chi connectivity index (χ0n) is 21.3. The first-order valence-electron chi connectivity index (χ1n) is 12.8. The normalized spacial score (nSPS) is 17.4. The molecule has 2 saturated carbocycles. The number of anilines is 2. The van der Waals surface area contributed by atoms with Crippen LogP contribution in [-0.4, -0.2) is 34.8 Å². The van der Waals surface area contributed by atoms with Crippen LogP contribution < -0.4 is 20.5 Å². The number of amides is 1. The molecule has 0 aromatic heterocycles. The van der Waals surface area contributed by atoms with Gasteiger partial charge >= 0.3 is 0 Å². The van der Waals surface area contributed by atoms with E-state index >= 15 is 0 Å². The minimum atomic E-state index is -3.47. The summed E-state index contributed by atoms with van der Waals surface area (Å²) in [6.45, 7) is 1.41. The van der Waals surface area contributed by atoms with Gasteiger partial charge in [-0.05, 0) is 74.2 Å². The smallest absolute Gasteiger partial charge is 0.240 e. The molecule has 5 N–H and O–H groups in total. The predicted molar refractivity (Wildman–Crippen MR) is 146 cm³/mol. The Hall–Kier alpha value is -2.47. The highest BCUT2D eigenvalue weighted by Gasteiger charge is 2.22. The van der Waals surface area contributed by atoms with Crippen molar-refractivity contribution in [1.29, 1.82) is 0 Å². The maximum Gasteiger partial charge on any atom is 0.240 e. The number of rotatable bonds is 7. The molecule has 2 fully saturated rings. The summed E-state index contributed by atoms with van der Waals surface area (Å²) in [4.78, 5) is 11.4. The number of benzene rings is 2. The van der Waals surface area contributed by atoms with Gasteiger partial charge in [-0.25, -0.2) is 26.3 Å². The number of carbonyl (C=O) groups excluding carboxylic acids is 1. The van der Waals surface area contributed by atoms with E-state index in [0.717, 1.165) is 51.4 Å². The lowest BCUT2D eigenvalue weighted by molar-refractivity contribution is -0.114. The van der Waals surface area contributed by atoms with E-state index in [0.29, 0.717) is 11.4 Å². The van der Waals surface area contributed by atoms with Gasteiger partial charge in [0.05, 0.1) is 9.79 Å². The van der Waals surface area contributed by atoms with Crippen molar-refractivity contribution in [2.24, 2.45) is 0 Å². The highest BCUT2D eigenvalue weighted by Crippen LogP contribution is 2.22. The Balaban J connectivity index is 0.000000208. The Bertz CT molecular complexity index is 1220. The number of nitrogens with two attached hydrogens (primary N) is 1. The lowest BCUT2D eigenvalue weighted by atomic mass is 9.96. The lowest BCUT2D eigenvalue weighted by Gasteiger charge is -2.22. The summed E-state index contributed by atoms with van der Waals surface area (Å²) in [6, 6.07) is 12.6. The average molecular weight is 551 g/mol. The molecule has 0 heterocycles. The van der Waals surface area contributed by atoms with Crippen LogP contribution in [0.15, 0.2) is 58.3 Å². The summed E-state index contributed by atoms with van der Waals surface area (Å²) in [6.07, 6.45) is 10.5. The van der Waals surface area contributed by atoms with Crippen LogP contribution in [0.2, 0.25) is 0 Å². The summed E-state index contributed by atoms with van der Waals surface area (Å²) in [5.41, 5.74) is 6.70. The summed E-state index contributed by atoms with van der Waals surface area (Å²) >= 11 is 0. The molecule has 4 rings (SSSR count). The number of nitrogen functional groups attached to an aromatic ring is 1. The quantitative estimate of drug-likeness (QED) is 0.381. The Morgan fingerprint density at radius 1 is 0.676 bits per heavy atom. The van der Waals surface area contributed by atoms with Gasteiger partial charge in [-0.1, -0.05) is 38.5 Å². The topological polar surface area (TPSA) is 147 Å². The Morgan fingerprint density at radius 2 is 1.05 bits per heavy atom. The molecule has 11 heteroatoms. The van der Waals surface area contributed by atoms with Gasteiger partial charge in [-0.3, -0.25) is 4.79 Å². The van der Waals surface area contributed by atoms with E-state index in [9.17, 15) is 21.6 Å². The molecule has 2 aliphatic rings. The zero-order chi connectivity index (χ0) is 26.9. The van der Waals surface area contributed by atoms with Crippen molar-refractivity contribution >= 4 is 37.3 Å². The minimum Gasteiger partial charge on any atom is -0.399 e. The standard InChI is InChI=1S/C14H20N2O3S.C12H18N2O2S/c1-11(17)15-12-7-9-14(10-8-12)20(18,19)16-13-5-3-2-4-6-13;13-10-6-8-12(9-7-10)17(15,16)14-11-4-2-1-3-5-11/h7-10,13,16H,2-6H2,1H3,(H,15,17);6-9,11,14H,1-5,13H2. The van der Waals surface area contributed by atoms with E-state index in [4.69, 9.17) is 5.73 Å². The largest absolute Gasteiger partial charge is 0.399 e. The van der Waals surface area contributed by atoms with E-state index in [1.807, 2.05) is 0 Å². The van der Waals surface area contributed by atoms with Gasteiger partial charge in [0, 0.05) is 30.4 Å². The van der Waals surface area contributed by atoms with Gasteiger partial charge in [-0.15, -0.1) is 0 Å². The van der Waals surface area contributed by atoms with Crippen LogP contribution in [-0.2, 0) is 24.8 Å². The fraction of sp³-hybridized carbons (Fsp3) is 0.500. The average Bonchev–Trinajstić information content (AvgIpc) is 2.85. The van der Waals surface area contributed by atoms with Crippen molar-refractivity contribution in [2.75, 3.05) is 11.1 Å². The lowest BCUT2D eigenvalue weighted by Crippen LogP contribution is -2.36. The molecule has 2 aliphatic carbocycles. The Kier molecular flexibility index (Phi) is 10.5. The fourth-order valence-corrected chi connectivity index (χ4v) is 7.19. The zero-order valence-corrected chi connectivity index (χ0v) is 22.9. The monoisotopic (exact) mass is 550 g/mol. The molecule has 0 spiro atoms. The maximum absolute atomic E-state index is 12.2. The predicted octanol–water partition coefficient (Wildman–Crippen LogP) is 4.14. The molecule has 0 saturated heterocycles. The summed E-state index contributed by atoms with van der Waals surface area (Å²) in [7, 11) is -6.85. The van der Waals surface area contributed by atoms with Crippen LogP contribution in [0.3, 0.4) is 0 Å². The third kappa shape index (κ3) is 9.41. The maximum atomic E-state index is 12.2. The second-order valence-corrected chi connectivity index (χ2v) is 13.1. The number of carbonyl (C=O) groups is 1. The van der Waals surface area contributed by atoms with Gasteiger partial charge in [0.15, 0.2) is 0 Å². The van der Waals surface area contributed by atoms with E-state index in [1.54, 1.807) is 36.4 Å².